The van der Waals surface area contributed by atoms with Crippen LogP contribution in [-0.4, -0.2) is 0 Å². The molecule has 1 aromatic heterocycles. The van der Waals surface area contributed by atoms with Gasteiger partial charge in [-0.15, -0.1) is 11.3 Å². The lowest BCUT2D eigenvalue weighted by Crippen LogP contribution is -2.02. The lowest BCUT2D eigenvalue weighted by molar-refractivity contribution is 0.512. The predicted molar refractivity (Wildman–Crippen MR) is 119 cm³/mol. The summed E-state index contributed by atoms with van der Waals surface area (Å²) in [6.07, 6.45) is 0. The first kappa shape index (κ1) is 22.9. The highest BCUT2D eigenvalue weighted by molar-refractivity contribution is 9.10. The van der Waals surface area contributed by atoms with E-state index in [9.17, 15) is 13.2 Å². The van der Waals surface area contributed by atoms with Crippen molar-refractivity contribution in [3.63, 3.8) is 0 Å². The number of benzene rings is 2. The summed E-state index contributed by atoms with van der Waals surface area (Å²) in [4.78, 5) is 0. The van der Waals surface area contributed by atoms with Gasteiger partial charge >= 0.3 is 0 Å². The molecule has 0 aliphatic carbocycles. The molecular formula is C19H17BrClF3N2S2. The molecule has 150 valence electrons. The van der Waals surface area contributed by atoms with Gasteiger partial charge in [0.2, 0.25) is 0 Å². The zero-order valence-electron chi connectivity index (χ0n) is 15.2. The second-order valence-corrected chi connectivity index (χ2v) is 8.90. The molecule has 0 aliphatic heterocycles. The SMILES string of the molecule is CC.Cc1ccc(Nc2c(NSc3cc(Br)c(Cl)s3)ccc(F)c2F)c(F)c1. The van der Waals surface area contributed by atoms with Crippen LogP contribution in [0.4, 0.5) is 30.2 Å². The number of nitrogens with one attached hydrogen (secondary N) is 2. The van der Waals surface area contributed by atoms with Gasteiger partial charge in [-0.05, 0) is 70.7 Å². The molecule has 0 unspecified atom stereocenters. The van der Waals surface area contributed by atoms with Crippen LogP contribution >= 0.6 is 50.8 Å². The third kappa shape index (κ3) is 5.59. The number of aryl methyl sites for hydroxylation is 1. The average Bonchev–Trinajstić information content (AvgIpc) is 2.99. The van der Waals surface area contributed by atoms with Crippen molar-refractivity contribution in [2.24, 2.45) is 0 Å². The fourth-order valence-corrected chi connectivity index (χ4v) is 4.92. The normalized spacial score (nSPS) is 10.3. The van der Waals surface area contributed by atoms with Crippen LogP contribution in [-0.2, 0) is 0 Å². The van der Waals surface area contributed by atoms with E-state index in [2.05, 4.69) is 26.0 Å². The Balaban J connectivity index is 0.00000136. The van der Waals surface area contributed by atoms with Crippen molar-refractivity contribution >= 4 is 67.9 Å². The van der Waals surface area contributed by atoms with E-state index in [1.54, 1.807) is 19.1 Å². The highest BCUT2D eigenvalue weighted by atomic mass is 79.9. The monoisotopic (exact) mass is 508 g/mol. The molecule has 3 aromatic rings. The van der Waals surface area contributed by atoms with Crippen LogP contribution < -0.4 is 10.0 Å². The first-order valence-electron chi connectivity index (χ1n) is 8.24. The van der Waals surface area contributed by atoms with E-state index in [1.807, 2.05) is 13.8 Å². The molecule has 9 heteroatoms. The quantitative estimate of drug-likeness (QED) is 0.336. The van der Waals surface area contributed by atoms with E-state index in [0.717, 1.165) is 20.3 Å². The smallest absolute Gasteiger partial charge is 0.184 e. The van der Waals surface area contributed by atoms with Gasteiger partial charge in [-0.3, -0.25) is 0 Å². The maximum atomic E-state index is 14.3. The van der Waals surface area contributed by atoms with Crippen molar-refractivity contribution in [3.8, 4) is 0 Å². The van der Waals surface area contributed by atoms with Gasteiger partial charge in [0.05, 0.1) is 15.6 Å². The first-order chi connectivity index (χ1) is 13.3. The molecule has 1 heterocycles. The highest BCUT2D eigenvalue weighted by Crippen LogP contribution is 2.39. The Morgan fingerprint density at radius 2 is 1.68 bits per heavy atom. The number of hydrogen-bond donors (Lipinski definition) is 2. The van der Waals surface area contributed by atoms with Crippen LogP contribution in [0.1, 0.15) is 19.4 Å². The summed E-state index contributed by atoms with van der Waals surface area (Å²) >= 11 is 11.8. The summed E-state index contributed by atoms with van der Waals surface area (Å²) in [5, 5.41) is 2.63. The number of halogens is 5. The molecule has 2 aromatic carbocycles. The Kier molecular flexibility index (Phi) is 8.55. The predicted octanol–water partition coefficient (Wildman–Crippen LogP) is 8.78. The summed E-state index contributed by atoms with van der Waals surface area (Å²) in [7, 11) is 0. The highest BCUT2D eigenvalue weighted by Gasteiger charge is 2.16. The third-order valence-corrected chi connectivity index (χ3v) is 6.77. The van der Waals surface area contributed by atoms with Gasteiger partial charge in [0.25, 0.3) is 0 Å². The van der Waals surface area contributed by atoms with Crippen molar-refractivity contribution in [3.05, 3.63) is 68.2 Å². The molecule has 0 saturated heterocycles. The minimum Gasteiger partial charge on any atom is -0.349 e. The van der Waals surface area contributed by atoms with Gasteiger partial charge in [0.1, 0.15) is 15.8 Å². The topological polar surface area (TPSA) is 24.1 Å². The zero-order valence-corrected chi connectivity index (χ0v) is 19.1. The number of anilines is 3. The van der Waals surface area contributed by atoms with E-state index < -0.39 is 17.5 Å². The Hall–Kier alpha value is -1.35. The Labute approximate surface area is 183 Å². The molecule has 0 spiro atoms. The lowest BCUT2D eigenvalue weighted by atomic mass is 10.2. The van der Waals surface area contributed by atoms with Gasteiger partial charge in [-0.25, -0.2) is 13.2 Å². The molecule has 0 atom stereocenters. The van der Waals surface area contributed by atoms with E-state index in [-0.39, 0.29) is 17.1 Å². The van der Waals surface area contributed by atoms with Gasteiger partial charge in [0.15, 0.2) is 11.6 Å². The first-order valence-corrected chi connectivity index (χ1v) is 11.0. The number of rotatable bonds is 5. The Morgan fingerprint density at radius 3 is 2.29 bits per heavy atom. The lowest BCUT2D eigenvalue weighted by Gasteiger charge is -2.15. The molecule has 3 rings (SSSR count). The van der Waals surface area contributed by atoms with Crippen LogP contribution in [0.5, 0.6) is 0 Å². The van der Waals surface area contributed by atoms with E-state index in [0.29, 0.717) is 4.34 Å². The fourth-order valence-electron chi connectivity index (χ4n) is 2.10. The van der Waals surface area contributed by atoms with Crippen molar-refractivity contribution in [2.75, 3.05) is 10.0 Å². The molecule has 0 radical (unpaired) electrons. The Bertz CT molecular complexity index is 947. The second kappa shape index (κ2) is 10.4. The molecule has 0 aliphatic rings. The van der Waals surface area contributed by atoms with Crippen molar-refractivity contribution in [1.29, 1.82) is 0 Å². The average molecular weight is 510 g/mol. The molecule has 2 N–H and O–H groups in total. The minimum atomic E-state index is -1.10. The number of thiophene rings is 1. The van der Waals surface area contributed by atoms with Crippen LogP contribution in [0.3, 0.4) is 0 Å². The van der Waals surface area contributed by atoms with Crippen molar-refractivity contribution < 1.29 is 13.2 Å². The molecule has 0 amide bonds. The summed E-state index contributed by atoms with van der Waals surface area (Å²) in [6.45, 7) is 5.74. The van der Waals surface area contributed by atoms with E-state index in [1.165, 1.54) is 41.5 Å². The van der Waals surface area contributed by atoms with Crippen LogP contribution in [0.25, 0.3) is 0 Å². The minimum absolute atomic E-state index is 0.0510. The third-order valence-electron chi connectivity index (χ3n) is 3.36. The van der Waals surface area contributed by atoms with Crippen LogP contribution in [0.2, 0.25) is 4.34 Å². The summed E-state index contributed by atoms with van der Waals surface area (Å²) in [5.74, 6) is -2.68. The van der Waals surface area contributed by atoms with E-state index >= 15 is 0 Å². The van der Waals surface area contributed by atoms with Gasteiger partial charge < -0.3 is 10.0 Å². The van der Waals surface area contributed by atoms with Gasteiger partial charge in [-0.1, -0.05) is 31.5 Å². The second-order valence-electron chi connectivity index (χ2n) is 5.28. The molecule has 28 heavy (non-hydrogen) atoms. The summed E-state index contributed by atoms with van der Waals surface area (Å²) in [5.41, 5.74) is 0.869. The summed E-state index contributed by atoms with van der Waals surface area (Å²) in [6, 6.07) is 8.65. The Morgan fingerprint density at radius 1 is 1.00 bits per heavy atom. The molecule has 0 saturated carbocycles. The van der Waals surface area contributed by atoms with Gasteiger partial charge in [0, 0.05) is 4.47 Å². The van der Waals surface area contributed by atoms with Crippen LogP contribution in [0, 0.1) is 24.4 Å². The molecular weight excluding hydrogens is 493 g/mol. The molecule has 0 bridgehead atoms. The number of hydrogen-bond acceptors (Lipinski definition) is 4. The van der Waals surface area contributed by atoms with E-state index in [4.69, 9.17) is 11.6 Å². The molecule has 0 fully saturated rings. The molecule has 2 nitrogen and oxygen atoms in total. The standard InChI is InChI=1S/C17H11BrClF3N2S2.C2H6/c1-8-2-4-12(11(21)6-8)23-16-13(5-3-10(20)15(16)22)24-26-14-7-9(18)17(19)25-14;1-2/h2-7,23-24H,1H3;1-2H3. The largest absolute Gasteiger partial charge is 0.349 e. The van der Waals surface area contributed by atoms with Crippen molar-refractivity contribution in [2.45, 2.75) is 25.0 Å². The van der Waals surface area contributed by atoms with Crippen LogP contribution in [0.15, 0.2) is 45.1 Å². The fraction of sp³-hybridized carbons (Fsp3) is 0.158. The van der Waals surface area contributed by atoms with Gasteiger partial charge in [-0.2, -0.15) is 0 Å². The zero-order chi connectivity index (χ0) is 20.8. The maximum absolute atomic E-state index is 14.3. The maximum Gasteiger partial charge on any atom is 0.184 e. The van der Waals surface area contributed by atoms with Crippen molar-refractivity contribution in [1.82, 2.24) is 0 Å². The summed E-state index contributed by atoms with van der Waals surface area (Å²) < 4.78 is 47.2.